The van der Waals surface area contributed by atoms with Crippen molar-refractivity contribution in [1.29, 1.82) is 0 Å². The molecule has 1 amide bonds. The van der Waals surface area contributed by atoms with Gasteiger partial charge in [0, 0.05) is 0 Å². The van der Waals surface area contributed by atoms with Crippen LogP contribution in [0.25, 0.3) is 0 Å². The Labute approximate surface area is 126 Å². The van der Waals surface area contributed by atoms with E-state index in [4.69, 9.17) is 11.6 Å². The lowest BCUT2D eigenvalue weighted by molar-refractivity contribution is 0.0991. The highest BCUT2D eigenvalue weighted by Gasteiger charge is 2.36. The highest BCUT2D eigenvalue weighted by atomic mass is 35.5. The van der Waals surface area contributed by atoms with E-state index in [0.29, 0.717) is 5.69 Å². The van der Waals surface area contributed by atoms with E-state index in [2.05, 4.69) is 0 Å². The number of amides is 1. The molecule has 0 atom stereocenters. The number of halogens is 1. The van der Waals surface area contributed by atoms with Crippen LogP contribution in [-0.2, 0) is 9.84 Å². The Morgan fingerprint density at radius 1 is 1.19 bits per heavy atom. The molecule has 1 aliphatic heterocycles. The lowest BCUT2D eigenvalue weighted by atomic mass is 10.2. The van der Waals surface area contributed by atoms with Crippen LogP contribution >= 0.6 is 11.6 Å². The summed E-state index contributed by atoms with van der Waals surface area (Å²) in [5.74, 6) is -0.998. The second-order valence-corrected chi connectivity index (χ2v) is 6.94. The Morgan fingerprint density at radius 3 is 2.62 bits per heavy atom. The number of hydrogen-bond donors (Lipinski definition) is 1. The summed E-state index contributed by atoms with van der Waals surface area (Å²) >= 11 is 5.94. The molecule has 21 heavy (non-hydrogen) atoms. The average molecular weight is 324 g/mol. The minimum atomic E-state index is -3.52. The molecule has 3 rings (SSSR count). The minimum Gasteiger partial charge on any atom is -0.508 e. The molecule has 1 aliphatic rings. The van der Waals surface area contributed by atoms with E-state index < -0.39 is 21.6 Å². The number of sulfone groups is 1. The molecular weight excluding hydrogens is 314 g/mol. The van der Waals surface area contributed by atoms with Gasteiger partial charge in [-0.05, 0) is 30.3 Å². The first-order valence-electron chi connectivity index (χ1n) is 6.02. The fourth-order valence-corrected chi connectivity index (χ4v) is 4.02. The van der Waals surface area contributed by atoms with Crippen LogP contribution in [0.1, 0.15) is 10.4 Å². The summed E-state index contributed by atoms with van der Waals surface area (Å²) in [5, 5.41) is 9.39. The molecule has 0 saturated heterocycles. The maximum absolute atomic E-state index is 12.5. The van der Waals surface area contributed by atoms with Crippen molar-refractivity contribution >= 4 is 33.0 Å². The van der Waals surface area contributed by atoms with Gasteiger partial charge in [0.1, 0.15) is 11.6 Å². The first-order valence-corrected chi connectivity index (χ1v) is 8.05. The predicted molar refractivity (Wildman–Crippen MR) is 78.4 cm³/mol. The van der Waals surface area contributed by atoms with Gasteiger partial charge in [0.05, 0.1) is 21.2 Å². The topological polar surface area (TPSA) is 74.7 Å². The smallest absolute Gasteiger partial charge is 0.260 e. The number of carbonyl (C=O) groups is 1. The van der Waals surface area contributed by atoms with Crippen LogP contribution in [-0.4, -0.2) is 25.3 Å². The second-order valence-electron chi connectivity index (χ2n) is 4.61. The quantitative estimate of drug-likeness (QED) is 0.874. The van der Waals surface area contributed by atoms with E-state index in [-0.39, 0.29) is 21.2 Å². The average Bonchev–Trinajstić information content (AvgIpc) is 2.71. The first kappa shape index (κ1) is 13.9. The van der Waals surface area contributed by atoms with Gasteiger partial charge in [-0.2, -0.15) is 0 Å². The summed E-state index contributed by atoms with van der Waals surface area (Å²) in [6.07, 6.45) is 0. The van der Waals surface area contributed by atoms with Crippen LogP contribution < -0.4 is 4.90 Å². The molecule has 0 aromatic heterocycles. The zero-order chi connectivity index (χ0) is 15.2. The Balaban J connectivity index is 2.08. The Kier molecular flexibility index (Phi) is 3.15. The number of rotatable bonds is 1. The molecule has 0 bridgehead atoms. The molecule has 0 fully saturated rings. The highest BCUT2D eigenvalue weighted by Crippen LogP contribution is 2.35. The lowest BCUT2D eigenvalue weighted by Crippen LogP contribution is -2.30. The third kappa shape index (κ3) is 2.26. The standard InChI is InChI=1S/C14H10ClNO4S/c15-11-7-9(17)5-6-10(11)14(18)16-8-21(19,20)13-4-2-1-3-12(13)16/h1-7,17H,8H2. The highest BCUT2D eigenvalue weighted by molar-refractivity contribution is 7.92. The number of carbonyl (C=O) groups excluding carboxylic acids is 1. The van der Waals surface area contributed by atoms with Crippen molar-refractivity contribution in [3.05, 3.63) is 53.1 Å². The molecule has 0 radical (unpaired) electrons. The van der Waals surface area contributed by atoms with Gasteiger partial charge in [0.25, 0.3) is 5.91 Å². The van der Waals surface area contributed by atoms with Crippen molar-refractivity contribution in [2.75, 3.05) is 10.8 Å². The molecular formula is C14H10ClNO4S. The van der Waals surface area contributed by atoms with E-state index in [0.717, 1.165) is 0 Å². The molecule has 7 heteroatoms. The number of nitrogens with zero attached hydrogens (tertiary/aromatic N) is 1. The van der Waals surface area contributed by atoms with Gasteiger partial charge in [-0.15, -0.1) is 0 Å². The van der Waals surface area contributed by atoms with E-state index in [1.807, 2.05) is 0 Å². The molecule has 2 aromatic carbocycles. The summed E-state index contributed by atoms with van der Waals surface area (Å²) < 4.78 is 24.1. The molecule has 2 aromatic rings. The SMILES string of the molecule is O=C(c1ccc(O)cc1Cl)N1CS(=O)(=O)c2ccccc21. The second kappa shape index (κ2) is 4.75. The molecule has 5 nitrogen and oxygen atoms in total. The van der Waals surface area contributed by atoms with Crippen molar-refractivity contribution < 1.29 is 18.3 Å². The van der Waals surface area contributed by atoms with Crippen LogP contribution in [0.4, 0.5) is 5.69 Å². The zero-order valence-electron chi connectivity index (χ0n) is 10.7. The summed E-state index contributed by atoms with van der Waals surface area (Å²) in [6.45, 7) is 0. The molecule has 108 valence electrons. The molecule has 1 N–H and O–H groups in total. The Bertz CT molecular complexity index is 848. The summed E-state index contributed by atoms with van der Waals surface area (Å²) in [6, 6.07) is 10.3. The Hall–Kier alpha value is -2.05. The number of anilines is 1. The largest absolute Gasteiger partial charge is 0.508 e. The lowest BCUT2D eigenvalue weighted by Gasteiger charge is -2.16. The van der Waals surface area contributed by atoms with Crippen LogP contribution in [0, 0.1) is 0 Å². The van der Waals surface area contributed by atoms with Crippen molar-refractivity contribution in [2.24, 2.45) is 0 Å². The maximum Gasteiger partial charge on any atom is 0.260 e. The van der Waals surface area contributed by atoms with E-state index >= 15 is 0 Å². The van der Waals surface area contributed by atoms with Gasteiger partial charge in [0.15, 0.2) is 9.84 Å². The number of hydrogen-bond acceptors (Lipinski definition) is 4. The van der Waals surface area contributed by atoms with E-state index in [1.54, 1.807) is 18.2 Å². The summed E-state index contributed by atoms with van der Waals surface area (Å²) in [7, 11) is -3.52. The first-order chi connectivity index (χ1) is 9.90. The van der Waals surface area contributed by atoms with Crippen LogP contribution in [0.15, 0.2) is 47.4 Å². The van der Waals surface area contributed by atoms with E-state index in [1.165, 1.54) is 29.2 Å². The molecule has 0 aliphatic carbocycles. The van der Waals surface area contributed by atoms with Gasteiger partial charge < -0.3 is 5.11 Å². The van der Waals surface area contributed by atoms with Crippen molar-refractivity contribution in [3.63, 3.8) is 0 Å². The third-order valence-electron chi connectivity index (χ3n) is 3.22. The predicted octanol–water partition coefficient (Wildman–Crippen LogP) is 2.44. The van der Waals surface area contributed by atoms with Crippen LogP contribution in [0.2, 0.25) is 5.02 Å². The molecule has 0 spiro atoms. The summed E-state index contributed by atoms with van der Waals surface area (Å²) in [4.78, 5) is 13.8. The third-order valence-corrected chi connectivity index (χ3v) is 5.14. The van der Waals surface area contributed by atoms with Crippen molar-refractivity contribution in [1.82, 2.24) is 0 Å². The summed E-state index contributed by atoms with van der Waals surface area (Å²) in [5.41, 5.74) is 0.480. The maximum atomic E-state index is 12.5. The van der Waals surface area contributed by atoms with Gasteiger partial charge in [-0.3, -0.25) is 9.69 Å². The van der Waals surface area contributed by atoms with Gasteiger partial charge in [-0.25, -0.2) is 8.42 Å². The van der Waals surface area contributed by atoms with Gasteiger partial charge >= 0.3 is 0 Å². The monoisotopic (exact) mass is 323 g/mol. The zero-order valence-corrected chi connectivity index (χ0v) is 12.2. The normalized spacial score (nSPS) is 15.8. The number of benzene rings is 2. The molecule has 0 saturated carbocycles. The number of phenolic OH excluding ortho intramolecular Hbond substituents is 1. The minimum absolute atomic E-state index is 0.0639. The van der Waals surface area contributed by atoms with Crippen molar-refractivity contribution in [2.45, 2.75) is 4.90 Å². The van der Waals surface area contributed by atoms with Crippen LogP contribution in [0.3, 0.4) is 0 Å². The molecule has 1 heterocycles. The number of para-hydroxylation sites is 1. The fourth-order valence-electron chi connectivity index (χ4n) is 2.24. The number of aromatic hydroxyl groups is 1. The van der Waals surface area contributed by atoms with E-state index in [9.17, 15) is 18.3 Å². The van der Waals surface area contributed by atoms with Gasteiger partial charge in [-0.1, -0.05) is 23.7 Å². The van der Waals surface area contributed by atoms with Gasteiger partial charge in [0.2, 0.25) is 0 Å². The van der Waals surface area contributed by atoms with Crippen LogP contribution in [0.5, 0.6) is 5.75 Å². The van der Waals surface area contributed by atoms with Crippen molar-refractivity contribution in [3.8, 4) is 5.75 Å². The Morgan fingerprint density at radius 2 is 1.90 bits per heavy atom. The fraction of sp³-hybridized carbons (Fsp3) is 0.0714. The number of phenols is 1. The number of fused-ring (bicyclic) bond motifs is 1. The molecule has 0 unspecified atom stereocenters.